The van der Waals surface area contributed by atoms with Crippen LogP contribution in [0.25, 0.3) is 16.8 Å². The summed E-state index contributed by atoms with van der Waals surface area (Å²) in [4.78, 5) is 10.7. The lowest BCUT2D eigenvalue weighted by Gasteiger charge is -2.01. The molecular formula is C15H15NO2. The summed E-state index contributed by atoms with van der Waals surface area (Å²) >= 11 is 0. The van der Waals surface area contributed by atoms with E-state index in [1.807, 2.05) is 36.4 Å². The molecule has 3 heteroatoms. The molecule has 0 aliphatic carbocycles. The van der Waals surface area contributed by atoms with Gasteiger partial charge in [0.05, 0.1) is 0 Å². The van der Waals surface area contributed by atoms with Crippen molar-refractivity contribution in [3.8, 4) is 5.75 Å². The molecule has 0 aliphatic heterocycles. The molecular weight excluding hydrogens is 226 g/mol. The average molecular weight is 241 g/mol. The van der Waals surface area contributed by atoms with Crippen LogP contribution in [0.4, 0.5) is 0 Å². The lowest BCUT2D eigenvalue weighted by atomic mass is 10.1. The third-order valence-electron chi connectivity index (χ3n) is 2.63. The fraction of sp³-hybridized carbons (Fsp3) is 0.133. The number of fused-ring (bicyclic) bond motifs is 1. The maximum atomic E-state index is 10.7. The number of amides is 1. The number of phenolic OH excluding ortho intramolecular Hbond substituents is 1. The van der Waals surface area contributed by atoms with Crippen molar-refractivity contribution in [3.05, 3.63) is 48.0 Å². The van der Waals surface area contributed by atoms with E-state index in [0.29, 0.717) is 6.54 Å². The molecule has 0 atom stereocenters. The second-order valence-electron chi connectivity index (χ2n) is 4.13. The van der Waals surface area contributed by atoms with Crippen molar-refractivity contribution in [2.24, 2.45) is 0 Å². The standard InChI is InChI=1S/C15H15NO2/c1-11(17)16-8-2-3-12-4-5-13-6-7-15(18)10-14(13)9-12/h2-7,9-10,18H,8H2,1H3,(H,16,17). The number of hydrogen-bond acceptors (Lipinski definition) is 2. The molecule has 92 valence electrons. The second-order valence-corrected chi connectivity index (χ2v) is 4.13. The quantitative estimate of drug-likeness (QED) is 0.868. The Morgan fingerprint density at radius 2 is 2.00 bits per heavy atom. The van der Waals surface area contributed by atoms with Gasteiger partial charge >= 0.3 is 0 Å². The van der Waals surface area contributed by atoms with E-state index >= 15 is 0 Å². The molecule has 0 spiro atoms. The summed E-state index contributed by atoms with van der Waals surface area (Å²) in [7, 11) is 0. The van der Waals surface area contributed by atoms with Crippen LogP contribution in [0.15, 0.2) is 42.5 Å². The predicted octanol–water partition coefficient (Wildman–Crippen LogP) is 2.69. The zero-order chi connectivity index (χ0) is 13.0. The predicted molar refractivity (Wildman–Crippen MR) is 73.3 cm³/mol. The normalized spacial score (nSPS) is 10.9. The Morgan fingerprint density at radius 3 is 2.78 bits per heavy atom. The van der Waals surface area contributed by atoms with E-state index in [4.69, 9.17) is 0 Å². The minimum absolute atomic E-state index is 0.0388. The number of aromatic hydroxyl groups is 1. The minimum Gasteiger partial charge on any atom is -0.508 e. The number of phenols is 1. The monoisotopic (exact) mass is 241 g/mol. The van der Waals surface area contributed by atoms with Gasteiger partial charge in [-0.05, 0) is 34.5 Å². The molecule has 3 nitrogen and oxygen atoms in total. The minimum atomic E-state index is -0.0388. The maximum absolute atomic E-state index is 10.7. The van der Waals surface area contributed by atoms with Crippen LogP contribution in [0.2, 0.25) is 0 Å². The molecule has 0 bridgehead atoms. The van der Waals surface area contributed by atoms with E-state index in [9.17, 15) is 9.90 Å². The largest absolute Gasteiger partial charge is 0.508 e. The Bertz CT molecular complexity index is 602. The summed E-state index contributed by atoms with van der Waals surface area (Å²) in [6, 6.07) is 11.3. The van der Waals surface area contributed by atoms with Gasteiger partial charge < -0.3 is 10.4 Å². The van der Waals surface area contributed by atoms with E-state index in [2.05, 4.69) is 5.32 Å². The number of carbonyl (C=O) groups excluding carboxylic acids is 1. The van der Waals surface area contributed by atoms with Gasteiger partial charge in [0.1, 0.15) is 5.75 Å². The Morgan fingerprint density at radius 1 is 1.22 bits per heavy atom. The topological polar surface area (TPSA) is 49.3 Å². The van der Waals surface area contributed by atoms with Crippen molar-refractivity contribution in [1.29, 1.82) is 0 Å². The maximum Gasteiger partial charge on any atom is 0.217 e. The zero-order valence-corrected chi connectivity index (χ0v) is 10.2. The van der Waals surface area contributed by atoms with Gasteiger partial charge in [-0.25, -0.2) is 0 Å². The van der Waals surface area contributed by atoms with Crippen LogP contribution in [0.1, 0.15) is 12.5 Å². The molecule has 0 unspecified atom stereocenters. The summed E-state index contributed by atoms with van der Waals surface area (Å²) in [5.41, 5.74) is 1.04. The number of carbonyl (C=O) groups is 1. The highest BCUT2D eigenvalue weighted by Gasteiger charge is 1.96. The molecule has 1 amide bonds. The van der Waals surface area contributed by atoms with E-state index in [0.717, 1.165) is 16.3 Å². The van der Waals surface area contributed by atoms with Gasteiger partial charge in [0, 0.05) is 13.5 Å². The number of benzene rings is 2. The van der Waals surface area contributed by atoms with E-state index in [-0.39, 0.29) is 11.7 Å². The summed E-state index contributed by atoms with van der Waals surface area (Å²) in [6.07, 6.45) is 3.84. The van der Waals surface area contributed by atoms with Crippen LogP contribution < -0.4 is 5.32 Å². The van der Waals surface area contributed by atoms with Crippen molar-refractivity contribution >= 4 is 22.8 Å². The third-order valence-corrected chi connectivity index (χ3v) is 2.63. The van der Waals surface area contributed by atoms with Crippen LogP contribution >= 0.6 is 0 Å². The summed E-state index contributed by atoms with van der Waals surface area (Å²) < 4.78 is 0. The smallest absolute Gasteiger partial charge is 0.217 e. The first-order valence-electron chi connectivity index (χ1n) is 5.79. The molecule has 2 N–H and O–H groups in total. The molecule has 2 aromatic rings. The summed E-state index contributed by atoms with van der Waals surface area (Å²) in [5, 5.41) is 14.2. The van der Waals surface area contributed by atoms with Crippen molar-refractivity contribution in [2.45, 2.75) is 6.92 Å². The van der Waals surface area contributed by atoms with Gasteiger partial charge in [-0.15, -0.1) is 0 Å². The third kappa shape index (κ3) is 3.10. The SMILES string of the molecule is CC(=O)NCC=Cc1ccc2ccc(O)cc2c1. The summed E-state index contributed by atoms with van der Waals surface area (Å²) in [5.74, 6) is 0.227. The number of rotatable bonds is 3. The highest BCUT2D eigenvalue weighted by molar-refractivity contribution is 5.86. The average Bonchev–Trinajstić information content (AvgIpc) is 2.34. The van der Waals surface area contributed by atoms with E-state index in [1.54, 1.807) is 12.1 Å². The van der Waals surface area contributed by atoms with E-state index in [1.165, 1.54) is 6.92 Å². The molecule has 0 aromatic heterocycles. The molecule has 0 heterocycles. The number of nitrogens with one attached hydrogen (secondary N) is 1. The van der Waals surface area contributed by atoms with Gasteiger partial charge in [-0.2, -0.15) is 0 Å². The number of hydrogen-bond donors (Lipinski definition) is 2. The fourth-order valence-electron chi connectivity index (χ4n) is 1.75. The van der Waals surface area contributed by atoms with Crippen molar-refractivity contribution in [2.75, 3.05) is 6.54 Å². The summed E-state index contributed by atoms with van der Waals surface area (Å²) in [6.45, 7) is 2.01. The van der Waals surface area contributed by atoms with Gasteiger partial charge in [-0.3, -0.25) is 4.79 Å². The molecule has 0 aliphatic rings. The molecule has 0 saturated carbocycles. The van der Waals surface area contributed by atoms with Crippen molar-refractivity contribution in [3.63, 3.8) is 0 Å². The molecule has 2 aromatic carbocycles. The van der Waals surface area contributed by atoms with Gasteiger partial charge in [0.25, 0.3) is 0 Å². The lowest BCUT2D eigenvalue weighted by molar-refractivity contribution is -0.118. The first-order chi connectivity index (χ1) is 8.65. The molecule has 0 saturated heterocycles. The van der Waals surface area contributed by atoms with Gasteiger partial charge in [0.2, 0.25) is 5.91 Å². The first-order valence-corrected chi connectivity index (χ1v) is 5.79. The Balaban J connectivity index is 2.16. The van der Waals surface area contributed by atoms with Crippen molar-refractivity contribution < 1.29 is 9.90 Å². The molecule has 0 radical (unpaired) electrons. The first kappa shape index (κ1) is 12.2. The molecule has 0 fully saturated rings. The van der Waals surface area contributed by atoms with Crippen LogP contribution in [0.3, 0.4) is 0 Å². The van der Waals surface area contributed by atoms with Crippen molar-refractivity contribution in [1.82, 2.24) is 5.32 Å². The van der Waals surface area contributed by atoms with Crippen LogP contribution in [0, 0.1) is 0 Å². The zero-order valence-electron chi connectivity index (χ0n) is 10.2. The highest BCUT2D eigenvalue weighted by atomic mass is 16.3. The Kier molecular flexibility index (Phi) is 3.63. The molecule has 2 rings (SSSR count). The fourth-order valence-corrected chi connectivity index (χ4v) is 1.75. The Hall–Kier alpha value is -2.29. The van der Waals surface area contributed by atoms with Crippen LogP contribution in [-0.2, 0) is 4.79 Å². The van der Waals surface area contributed by atoms with Crippen LogP contribution in [0.5, 0.6) is 5.75 Å². The molecule has 18 heavy (non-hydrogen) atoms. The van der Waals surface area contributed by atoms with Gasteiger partial charge in [0.15, 0.2) is 0 Å². The second kappa shape index (κ2) is 5.36. The lowest BCUT2D eigenvalue weighted by Crippen LogP contribution is -2.19. The van der Waals surface area contributed by atoms with Gasteiger partial charge in [-0.1, -0.05) is 30.4 Å². The highest BCUT2D eigenvalue weighted by Crippen LogP contribution is 2.21. The van der Waals surface area contributed by atoms with Crippen LogP contribution in [-0.4, -0.2) is 17.6 Å². The Labute approximate surface area is 106 Å². The van der Waals surface area contributed by atoms with E-state index < -0.39 is 0 Å².